The van der Waals surface area contributed by atoms with E-state index >= 15 is 0 Å². The number of rotatable bonds is 7. The summed E-state index contributed by atoms with van der Waals surface area (Å²) in [5, 5.41) is 12.4. The van der Waals surface area contributed by atoms with Gasteiger partial charge in [-0.1, -0.05) is 30.3 Å². The number of nitrogens with zero attached hydrogens (tertiary/aromatic N) is 2. The highest BCUT2D eigenvalue weighted by Gasteiger charge is 2.15. The number of nitrogens with one attached hydrogen (secondary N) is 1. The first-order valence-electron chi connectivity index (χ1n) is 9.90. The van der Waals surface area contributed by atoms with Crippen LogP contribution in [0.25, 0.3) is 22.7 Å². The zero-order chi connectivity index (χ0) is 23.2. The van der Waals surface area contributed by atoms with Gasteiger partial charge in [0.25, 0.3) is 5.91 Å². The molecule has 1 amide bonds. The zero-order valence-corrected chi connectivity index (χ0v) is 19.1. The second-order valence-corrected chi connectivity index (χ2v) is 7.75. The summed E-state index contributed by atoms with van der Waals surface area (Å²) >= 11 is 3.46. The average molecular weight is 504 g/mol. The Labute approximate surface area is 198 Å². The van der Waals surface area contributed by atoms with Crippen molar-refractivity contribution in [3.63, 3.8) is 0 Å². The smallest absolute Gasteiger partial charge is 0.262 e. The molecule has 0 saturated heterocycles. The van der Waals surface area contributed by atoms with Crippen LogP contribution in [0.5, 0.6) is 11.5 Å². The van der Waals surface area contributed by atoms with Crippen LogP contribution in [-0.4, -0.2) is 24.6 Å². The molecule has 0 unspecified atom stereocenters. The molecule has 4 aromatic rings. The third kappa shape index (κ3) is 5.22. The van der Waals surface area contributed by atoms with E-state index in [-0.39, 0.29) is 24.0 Å². The van der Waals surface area contributed by atoms with E-state index in [1.807, 2.05) is 36.4 Å². The van der Waals surface area contributed by atoms with E-state index in [0.717, 1.165) is 0 Å². The van der Waals surface area contributed by atoms with Crippen molar-refractivity contribution in [2.75, 3.05) is 19.0 Å². The lowest BCUT2D eigenvalue weighted by Crippen LogP contribution is -2.20. The van der Waals surface area contributed by atoms with Crippen LogP contribution >= 0.6 is 15.9 Å². The maximum atomic E-state index is 12.2. The van der Waals surface area contributed by atoms with Crippen LogP contribution in [0.15, 0.2) is 75.6 Å². The normalized spacial score (nSPS) is 11.1. The Morgan fingerprint density at radius 3 is 2.67 bits per heavy atom. The van der Waals surface area contributed by atoms with Crippen molar-refractivity contribution in [3.8, 4) is 17.6 Å². The SMILES string of the molecule is COc1cc(/C=C(\C#N)c2nc3ccccc3o2)cc(Br)c1OCC(=O)Nc1ccccc1. The molecule has 8 heteroatoms. The van der Waals surface area contributed by atoms with Gasteiger partial charge in [-0.05, 0) is 64.0 Å². The van der Waals surface area contributed by atoms with Gasteiger partial charge in [-0.25, -0.2) is 4.98 Å². The van der Waals surface area contributed by atoms with Crippen molar-refractivity contribution in [2.45, 2.75) is 0 Å². The van der Waals surface area contributed by atoms with Gasteiger partial charge in [0, 0.05) is 5.69 Å². The number of carbonyl (C=O) groups excluding carboxylic acids is 1. The molecular weight excluding hydrogens is 486 g/mol. The molecule has 3 aromatic carbocycles. The number of hydrogen-bond acceptors (Lipinski definition) is 6. The van der Waals surface area contributed by atoms with E-state index in [0.29, 0.717) is 38.3 Å². The zero-order valence-electron chi connectivity index (χ0n) is 17.5. The number of allylic oxidation sites excluding steroid dienone is 1. The fourth-order valence-corrected chi connectivity index (χ4v) is 3.69. The summed E-state index contributed by atoms with van der Waals surface area (Å²) in [4.78, 5) is 16.6. The number of carbonyl (C=O) groups is 1. The predicted octanol–water partition coefficient (Wildman–Crippen LogP) is 5.68. The molecule has 33 heavy (non-hydrogen) atoms. The van der Waals surface area contributed by atoms with Gasteiger partial charge in [0.2, 0.25) is 5.89 Å². The van der Waals surface area contributed by atoms with E-state index in [4.69, 9.17) is 13.9 Å². The second-order valence-electron chi connectivity index (χ2n) is 6.89. The monoisotopic (exact) mass is 503 g/mol. The average Bonchev–Trinajstić information content (AvgIpc) is 3.26. The fourth-order valence-electron chi connectivity index (χ4n) is 3.12. The number of fused-ring (bicyclic) bond motifs is 1. The molecule has 0 aliphatic carbocycles. The molecule has 0 radical (unpaired) electrons. The Balaban J connectivity index is 1.55. The summed E-state index contributed by atoms with van der Waals surface area (Å²) in [6.45, 7) is -0.203. The molecule has 0 bridgehead atoms. The van der Waals surface area contributed by atoms with Gasteiger partial charge in [-0.2, -0.15) is 5.26 Å². The number of ether oxygens (including phenoxy) is 2. The van der Waals surface area contributed by atoms with E-state index < -0.39 is 0 Å². The van der Waals surface area contributed by atoms with Crippen molar-refractivity contribution in [2.24, 2.45) is 0 Å². The highest BCUT2D eigenvalue weighted by atomic mass is 79.9. The Morgan fingerprint density at radius 2 is 1.94 bits per heavy atom. The molecular formula is C25H18BrN3O4. The molecule has 0 atom stereocenters. The summed E-state index contributed by atoms with van der Waals surface area (Å²) in [6.07, 6.45) is 1.64. The lowest BCUT2D eigenvalue weighted by Gasteiger charge is -2.13. The minimum absolute atomic E-state index is 0.203. The van der Waals surface area contributed by atoms with Crippen LogP contribution in [-0.2, 0) is 4.79 Å². The molecule has 0 spiro atoms. The molecule has 1 N–H and O–H groups in total. The topological polar surface area (TPSA) is 97.4 Å². The summed E-state index contributed by atoms with van der Waals surface area (Å²) in [5.74, 6) is 0.699. The van der Waals surface area contributed by atoms with Crippen LogP contribution in [0.4, 0.5) is 5.69 Å². The highest BCUT2D eigenvalue weighted by molar-refractivity contribution is 9.10. The van der Waals surface area contributed by atoms with E-state index in [2.05, 4.69) is 32.3 Å². The maximum absolute atomic E-state index is 12.2. The van der Waals surface area contributed by atoms with Gasteiger partial charge in [-0.15, -0.1) is 0 Å². The lowest BCUT2D eigenvalue weighted by atomic mass is 10.1. The van der Waals surface area contributed by atoms with Crippen LogP contribution in [0.2, 0.25) is 0 Å². The third-order valence-electron chi connectivity index (χ3n) is 4.61. The largest absolute Gasteiger partial charge is 0.493 e. The quantitative estimate of drug-likeness (QED) is 0.325. The van der Waals surface area contributed by atoms with Crippen LogP contribution in [0, 0.1) is 11.3 Å². The number of aromatic nitrogens is 1. The number of methoxy groups -OCH3 is 1. The van der Waals surface area contributed by atoms with Gasteiger partial charge >= 0.3 is 0 Å². The second kappa shape index (κ2) is 10.0. The number of nitriles is 1. The Bertz CT molecular complexity index is 1340. The van der Waals surface area contributed by atoms with Gasteiger partial charge < -0.3 is 19.2 Å². The first kappa shape index (κ1) is 22.1. The summed E-state index contributed by atoms with van der Waals surface area (Å²) in [6, 6.07) is 22.0. The number of para-hydroxylation sites is 3. The fraction of sp³-hybridized carbons (Fsp3) is 0.0800. The predicted molar refractivity (Wildman–Crippen MR) is 129 cm³/mol. The highest BCUT2D eigenvalue weighted by Crippen LogP contribution is 2.37. The minimum Gasteiger partial charge on any atom is -0.493 e. The van der Waals surface area contributed by atoms with Gasteiger partial charge in [-0.3, -0.25) is 4.79 Å². The molecule has 164 valence electrons. The number of amides is 1. The molecule has 7 nitrogen and oxygen atoms in total. The summed E-state index contributed by atoms with van der Waals surface area (Å²) < 4.78 is 17.4. The van der Waals surface area contributed by atoms with Gasteiger partial charge in [0.15, 0.2) is 23.7 Å². The van der Waals surface area contributed by atoms with Gasteiger partial charge in [0.1, 0.15) is 17.2 Å². The van der Waals surface area contributed by atoms with Crippen molar-refractivity contribution < 1.29 is 18.7 Å². The molecule has 0 aliphatic heterocycles. The first-order chi connectivity index (χ1) is 16.1. The summed E-state index contributed by atoms with van der Waals surface area (Å²) in [5.41, 5.74) is 2.88. The van der Waals surface area contributed by atoms with E-state index in [9.17, 15) is 10.1 Å². The molecule has 0 fully saturated rings. The number of oxazole rings is 1. The number of hydrogen-bond donors (Lipinski definition) is 1. The molecule has 0 aliphatic rings. The Kier molecular flexibility index (Phi) is 6.72. The van der Waals surface area contributed by atoms with E-state index in [1.54, 1.807) is 36.4 Å². The van der Waals surface area contributed by atoms with Crippen LogP contribution in [0.3, 0.4) is 0 Å². The van der Waals surface area contributed by atoms with Gasteiger partial charge in [0.05, 0.1) is 11.6 Å². The third-order valence-corrected chi connectivity index (χ3v) is 5.20. The molecule has 0 saturated carbocycles. The maximum Gasteiger partial charge on any atom is 0.262 e. The molecule has 1 aromatic heterocycles. The van der Waals surface area contributed by atoms with Crippen molar-refractivity contribution in [1.82, 2.24) is 4.98 Å². The number of halogens is 1. The molecule has 1 heterocycles. The Morgan fingerprint density at radius 1 is 1.18 bits per heavy atom. The summed E-state index contributed by atoms with van der Waals surface area (Å²) in [7, 11) is 1.50. The van der Waals surface area contributed by atoms with Crippen molar-refractivity contribution in [3.05, 3.63) is 82.7 Å². The lowest BCUT2D eigenvalue weighted by molar-refractivity contribution is -0.118. The van der Waals surface area contributed by atoms with Crippen LogP contribution in [0.1, 0.15) is 11.5 Å². The van der Waals surface area contributed by atoms with Crippen molar-refractivity contribution >= 4 is 50.3 Å². The number of benzene rings is 3. The molecule has 4 rings (SSSR count). The Hall–Kier alpha value is -4.09. The minimum atomic E-state index is -0.304. The van der Waals surface area contributed by atoms with E-state index in [1.165, 1.54) is 7.11 Å². The first-order valence-corrected chi connectivity index (χ1v) is 10.7. The van der Waals surface area contributed by atoms with Crippen LogP contribution < -0.4 is 14.8 Å². The van der Waals surface area contributed by atoms with Crippen molar-refractivity contribution in [1.29, 1.82) is 5.26 Å². The number of anilines is 1. The standard InChI is InChI=1S/C25H18BrN3O4/c1-31-22-13-16(11-17(14-27)25-29-20-9-5-6-10-21(20)33-25)12-19(26)24(22)32-15-23(30)28-18-7-3-2-4-8-18/h2-13H,15H2,1H3,(H,28,30)/b17-11+.